The highest BCUT2D eigenvalue weighted by atomic mass is 16.5. The zero-order chi connectivity index (χ0) is 19.9. The third-order valence-corrected chi connectivity index (χ3v) is 4.97. The molecule has 0 saturated heterocycles. The molecule has 8 nitrogen and oxygen atoms in total. The average Bonchev–Trinajstić information content (AvgIpc) is 3.27. The van der Waals surface area contributed by atoms with Gasteiger partial charge in [-0.05, 0) is 56.0 Å². The quantitative estimate of drug-likeness (QED) is 0.734. The van der Waals surface area contributed by atoms with E-state index in [1.54, 1.807) is 23.0 Å². The van der Waals surface area contributed by atoms with Crippen molar-refractivity contribution in [3.63, 3.8) is 0 Å². The van der Waals surface area contributed by atoms with E-state index in [1.807, 2.05) is 24.4 Å². The highest BCUT2D eigenvalue weighted by Gasteiger charge is 2.27. The van der Waals surface area contributed by atoms with Crippen molar-refractivity contribution in [1.29, 1.82) is 0 Å². The number of aromatic nitrogens is 2. The summed E-state index contributed by atoms with van der Waals surface area (Å²) in [6, 6.07) is 9.14. The number of amides is 2. The average molecular weight is 384 g/mol. The Morgan fingerprint density at radius 1 is 1.14 bits per heavy atom. The van der Waals surface area contributed by atoms with Gasteiger partial charge in [0, 0.05) is 29.9 Å². The first-order valence-electron chi connectivity index (χ1n) is 9.32. The molecule has 0 spiro atoms. The van der Waals surface area contributed by atoms with E-state index in [0.717, 1.165) is 18.5 Å². The molecule has 1 saturated carbocycles. The topological polar surface area (TPSA) is 102 Å². The molecule has 0 unspecified atom stereocenters. The first-order chi connectivity index (χ1) is 13.6. The van der Waals surface area contributed by atoms with E-state index in [-0.39, 0.29) is 30.3 Å². The number of ether oxygens (including phenoxy) is 1. The number of nitrogens with zero attached hydrogens (tertiary/aromatic N) is 2. The fourth-order valence-corrected chi connectivity index (χ4v) is 3.33. The van der Waals surface area contributed by atoms with Crippen LogP contribution in [0, 0.1) is 5.92 Å². The lowest BCUT2D eigenvalue weighted by Gasteiger charge is -2.28. The molecule has 0 atom stereocenters. The third kappa shape index (κ3) is 4.97. The molecular weight excluding hydrogens is 360 g/mol. The summed E-state index contributed by atoms with van der Waals surface area (Å²) in [6.45, 7) is -0.111. The van der Waals surface area contributed by atoms with Gasteiger partial charge in [-0.2, -0.15) is 5.10 Å². The Balaban J connectivity index is 1.46. The van der Waals surface area contributed by atoms with Crippen molar-refractivity contribution in [1.82, 2.24) is 20.4 Å². The largest absolute Gasteiger partial charge is 0.468 e. The van der Waals surface area contributed by atoms with Crippen LogP contribution >= 0.6 is 0 Å². The van der Waals surface area contributed by atoms with Crippen molar-refractivity contribution in [2.24, 2.45) is 5.92 Å². The lowest BCUT2D eigenvalue weighted by atomic mass is 9.85. The van der Waals surface area contributed by atoms with Gasteiger partial charge in [-0.25, -0.2) is 4.68 Å². The summed E-state index contributed by atoms with van der Waals surface area (Å²) in [7, 11) is 1.29. The van der Waals surface area contributed by atoms with Crippen molar-refractivity contribution < 1.29 is 19.1 Å². The highest BCUT2D eigenvalue weighted by molar-refractivity contribution is 5.94. The third-order valence-electron chi connectivity index (χ3n) is 4.97. The van der Waals surface area contributed by atoms with E-state index in [0.29, 0.717) is 18.4 Å². The first-order valence-corrected chi connectivity index (χ1v) is 9.32. The van der Waals surface area contributed by atoms with Crippen LogP contribution in [0.25, 0.3) is 5.69 Å². The summed E-state index contributed by atoms with van der Waals surface area (Å²) >= 11 is 0. The molecule has 1 heterocycles. The van der Waals surface area contributed by atoms with Crippen LogP contribution in [0.2, 0.25) is 0 Å². The van der Waals surface area contributed by atoms with Gasteiger partial charge < -0.3 is 15.4 Å². The number of hydrogen-bond donors (Lipinski definition) is 2. The highest BCUT2D eigenvalue weighted by Crippen LogP contribution is 2.24. The summed E-state index contributed by atoms with van der Waals surface area (Å²) < 4.78 is 6.24. The summed E-state index contributed by atoms with van der Waals surface area (Å²) in [5.41, 5.74) is 1.48. The van der Waals surface area contributed by atoms with Gasteiger partial charge in [-0.1, -0.05) is 0 Å². The van der Waals surface area contributed by atoms with Gasteiger partial charge in [-0.15, -0.1) is 0 Å². The van der Waals surface area contributed by atoms with E-state index in [2.05, 4.69) is 20.5 Å². The van der Waals surface area contributed by atoms with Crippen molar-refractivity contribution in [3.8, 4) is 5.69 Å². The van der Waals surface area contributed by atoms with Crippen LogP contribution in [-0.2, 0) is 14.3 Å². The van der Waals surface area contributed by atoms with Crippen molar-refractivity contribution in [3.05, 3.63) is 48.3 Å². The second kappa shape index (κ2) is 9.16. The number of nitrogens with one attached hydrogen (secondary N) is 2. The minimum absolute atomic E-state index is 0.0444. The molecule has 8 heteroatoms. The molecule has 28 heavy (non-hydrogen) atoms. The molecular formula is C20H24N4O4. The summed E-state index contributed by atoms with van der Waals surface area (Å²) in [6.07, 6.45) is 6.36. The van der Waals surface area contributed by atoms with Gasteiger partial charge in [0.05, 0.1) is 12.8 Å². The molecule has 2 amide bonds. The molecule has 1 aromatic carbocycles. The maximum absolute atomic E-state index is 12.5. The van der Waals surface area contributed by atoms with Crippen molar-refractivity contribution in [2.45, 2.75) is 31.7 Å². The Bertz CT molecular complexity index is 809. The minimum Gasteiger partial charge on any atom is -0.468 e. The van der Waals surface area contributed by atoms with Crippen molar-refractivity contribution in [2.75, 3.05) is 13.7 Å². The number of hydrogen-bond acceptors (Lipinski definition) is 5. The van der Waals surface area contributed by atoms with Gasteiger partial charge in [0.2, 0.25) is 5.91 Å². The second-order valence-electron chi connectivity index (χ2n) is 6.81. The Kier molecular flexibility index (Phi) is 6.41. The van der Waals surface area contributed by atoms with Crippen LogP contribution in [0.15, 0.2) is 42.7 Å². The molecule has 148 valence electrons. The number of methoxy groups -OCH3 is 1. The van der Waals surface area contributed by atoms with Crippen LogP contribution < -0.4 is 10.6 Å². The van der Waals surface area contributed by atoms with Crippen LogP contribution in [-0.4, -0.2) is 47.3 Å². The number of carbonyl (C=O) groups excluding carboxylic acids is 3. The maximum atomic E-state index is 12.5. The van der Waals surface area contributed by atoms with E-state index < -0.39 is 5.97 Å². The van der Waals surface area contributed by atoms with E-state index >= 15 is 0 Å². The second-order valence-corrected chi connectivity index (χ2v) is 6.81. The van der Waals surface area contributed by atoms with Gasteiger partial charge in [0.15, 0.2) is 0 Å². The Morgan fingerprint density at radius 2 is 1.86 bits per heavy atom. The molecule has 1 aliphatic rings. The van der Waals surface area contributed by atoms with Gasteiger partial charge in [0.1, 0.15) is 6.54 Å². The Labute approximate surface area is 163 Å². The lowest BCUT2D eigenvalue weighted by molar-refractivity contribution is -0.141. The van der Waals surface area contributed by atoms with E-state index in [1.165, 1.54) is 7.11 Å². The van der Waals surface area contributed by atoms with E-state index in [9.17, 15) is 14.4 Å². The van der Waals surface area contributed by atoms with Crippen molar-refractivity contribution >= 4 is 17.8 Å². The van der Waals surface area contributed by atoms with Crippen LogP contribution in [0.5, 0.6) is 0 Å². The molecule has 0 aliphatic heterocycles. The number of benzene rings is 1. The maximum Gasteiger partial charge on any atom is 0.325 e. The molecule has 1 aromatic heterocycles. The van der Waals surface area contributed by atoms with Gasteiger partial charge >= 0.3 is 5.97 Å². The summed E-state index contributed by atoms with van der Waals surface area (Å²) in [5, 5.41) is 9.80. The summed E-state index contributed by atoms with van der Waals surface area (Å²) in [4.78, 5) is 35.7. The molecule has 3 rings (SSSR count). The fourth-order valence-electron chi connectivity index (χ4n) is 3.33. The van der Waals surface area contributed by atoms with Gasteiger partial charge in [-0.3, -0.25) is 14.4 Å². The number of rotatable bonds is 6. The SMILES string of the molecule is COC(=O)CNC(=O)C1CCC(NC(=O)c2ccc(-n3cccn3)cc2)CC1. The fraction of sp³-hybridized carbons (Fsp3) is 0.400. The smallest absolute Gasteiger partial charge is 0.325 e. The Hall–Kier alpha value is -3.16. The monoisotopic (exact) mass is 384 g/mol. The molecule has 2 aromatic rings. The molecule has 2 N–H and O–H groups in total. The van der Waals surface area contributed by atoms with Gasteiger partial charge in [0.25, 0.3) is 5.91 Å². The Morgan fingerprint density at radius 3 is 2.46 bits per heavy atom. The lowest BCUT2D eigenvalue weighted by Crippen LogP contribution is -2.41. The van der Waals surface area contributed by atoms with E-state index in [4.69, 9.17) is 0 Å². The number of carbonyl (C=O) groups is 3. The number of esters is 1. The zero-order valence-corrected chi connectivity index (χ0v) is 15.8. The normalized spacial score (nSPS) is 18.9. The standard InChI is InChI=1S/C20H24N4O4/c1-28-18(25)13-21-19(26)14-3-7-16(8-4-14)23-20(27)15-5-9-17(10-6-15)24-12-2-11-22-24/h2,5-6,9-12,14,16H,3-4,7-8,13H2,1H3,(H,21,26)(H,23,27). The predicted molar refractivity (Wildman–Crippen MR) is 102 cm³/mol. The minimum atomic E-state index is -0.465. The summed E-state index contributed by atoms with van der Waals surface area (Å²) in [5.74, 6) is -0.853. The molecule has 0 radical (unpaired) electrons. The predicted octanol–water partition coefficient (Wildman–Crippen LogP) is 1.45. The van der Waals surface area contributed by atoms with Crippen LogP contribution in [0.1, 0.15) is 36.0 Å². The molecule has 0 bridgehead atoms. The van der Waals surface area contributed by atoms with Crippen LogP contribution in [0.3, 0.4) is 0 Å². The van der Waals surface area contributed by atoms with Crippen LogP contribution in [0.4, 0.5) is 0 Å². The molecule has 1 aliphatic carbocycles. The zero-order valence-electron chi connectivity index (χ0n) is 15.8. The molecule has 1 fully saturated rings. The first kappa shape index (κ1) is 19.6.